The summed E-state index contributed by atoms with van der Waals surface area (Å²) in [6.07, 6.45) is 5.42. The predicted octanol–water partition coefficient (Wildman–Crippen LogP) is 4.02. The molecule has 0 atom stereocenters. The number of nitrogens with zero attached hydrogens (tertiary/aromatic N) is 5. The van der Waals surface area contributed by atoms with Crippen LogP contribution in [-0.2, 0) is 23.3 Å². The Bertz CT molecular complexity index is 1100. The summed E-state index contributed by atoms with van der Waals surface area (Å²) in [5.74, 6) is 1.57. The molecule has 1 saturated carbocycles. The Morgan fingerprint density at radius 1 is 1.06 bits per heavy atom. The van der Waals surface area contributed by atoms with Crippen molar-refractivity contribution in [2.45, 2.75) is 50.2 Å². The van der Waals surface area contributed by atoms with Crippen molar-refractivity contribution in [3.63, 3.8) is 0 Å². The Morgan fingerprint density at radius 2 is 1.85 bits per heavy atom. The van der Waals surface area contributed by atoms with Crippen molar-refractivity contribution in [1.29, 1.82) is 0 Å². The second kappa shape index (κ2) is 10.4. The fourth-order valence-corrected chi connectivity index (χ4v) is 5.19. The van der Waals surface area contributed by atoms with Crippen LogP contribution in [0.5, 0.6) is 0 Å². The summed E-state index contributed by atoms with van der Waals surface area (Å²) >= 11 is 6.23. The highest BCUT2D eigenvalue weighted by molar-refractivity contribution is 6.30. The lowest BCUT2D eigenvalue weighted by molar-refractivity contribution is -0.137. The average Bonchev–Trinajstić information content (AvgIpc) is 3.22. The lowest BCUT2D eigenvalue weighted by Gasteiger charge is -2.44. The minimum Gasteiger partial charge on any atom is -0.331 e. The van der Waals surface area contributed by atoms with E-state index in [2.05, 4.69) is 21.2 Å². The number of amides is 1. The summed E-state index contributed by atoms with van der Waals surface area (Å²) in [6, 6.07) is 13.9. The molecule has 1 aromatic carbocycles. The van der Waals surface area contributed by atoms with Crippen molar-refractivity contribution in [1.82, 2.24) is 24.6 Å². The molecule has 5 rings (SSSR count). The van der Waals surface area contributed by atoms with Gasteiger partial charge in [-0.25, -0.2) is 0 Å². The van der Waals surface area contributed by atoms with Crippen LogP contribution in [0.25, 0.3) is 11.5 Å². The molecule has 3 aromatic rings. The lowest BCUT2D eigenvalue weighted by Crippen LogP contribution is -2.50. The number of carbonyl (C=O) groups excluding carboxylic acids is 1. The third kappa shape index (κ3) is 4.73. The summed E-state index contributed by atoms with van der Waals surface area (Å²) in [7, 11) is 0. The van der Waals surface area contributed by atoms with E-state index in [1.807, 2.05) is 45.9 Å². The molecule has 3 heterocycles. The van der Waals surface area contributed by atoms with E-state index in [1.165, 1.54) is 5.56 Å². The van der Waals surface area contributed by atoms with Crippen molar-refractivity contribution >= 4 is 42.3 Å². The van der Waals surface area contributed by atoms with Crippen molar-refractivity contribution in [2.24, 2.45) is 5.73 Å². The van der Waals surface area contributed by atoms with Crippen LogP contribution in [0.1, 0.15) is 37.1 Å². The summed E-state index contributed by atoms with van der Waals surface area (Å²) in [5.41, 5.74) is 8.10. The van der Waals surface area contributed by atoms with Crippen LogP contribution in [-0.4, -0.2) is 43.1 Å². The molecule has 10 heteroatoms. The van der Waals surface area contributed by atoms with Gasteiger partial charge in [0.25, 0.3) is 0 Å². The van der Waals surface area contributed by atoms with Crippen molar-refractivity contribution in [2.75, 3.05) is 6.54 Å². The van der Waals surface area contributed by atoms with E-state index >= 15 is 0 Å². The Hall–Kier alpha value is -2.19. The van der Waals surface area contributed by atoms with E-state index in [9.17, 15) is 4.79 Å². The fourth-order valence-electron chi connectivity index (χ4n) is 5.00. The third-order valence-corrected chi connectivity index (χ3v) is 7.06. The van der Waals surface area contributed by atoms with E-state index < -0.39 is 0 Å². The van der Waals surface area contributed by atoms with Gasteiger partial charge in [-0.2, -0.15) is 0 Å². The molecule has 0 saturated heterocycles. The highest BCUT2D eigenvalue weighted by Gasteiger charge is 2.40. The highest BCUT2D eigenvalue weighted by atomic mass is 35.5. The van der Waals surface area contributed by atoms with Crippen LogP contribution in [0.2, 0.25) is 5.02 Å². The van der Waals surface area contributed by atoms with E-state index in [1.54, 1.807) is 6.20 Å². The van der Waals surface area contributed by atoms with Gasteiger partial charge in [0.2, 0.25) is 5.91 Å². The number of aromatic nitrogens is 4. The van der Waals surface area contributed by atoms with Crippen molar-refractivity contribution < 1.29 is 4.79 Å². The minimum absolute atomic E-state index is 0. The third-order valence-electron chi connectivity index (χ3n) is 6.83. The Morgan fingerprint density at radius 3 is 2.52 bits per heavy atom. The van der Waals surface area contributed by atoms with Gasteiger partial charge in [0.05, 0.1) is 6.54 Å². The van der Waals surface area contributed by atoms with E-state index in [-0.39, 0.29) is 48.7 Å². The van der Waals surface area contributed by atoms with Crippen LogP contribution in [0.4, 0.5) is 0 Å². The normalized spacial score (nSPS) is 22.2. The first-order valence-electron chi connectivity index (χ1n) is 10.7. The first kappa shape index (κ1) is 25.4. The zero-order chi connectivity index (χ0) is 21.4. The summed E-state index contributed by atoms with van der Waals surface area (Å²) in [6.45, 7) is 1.31. The molecule has 0 spiro atoms. The second-order valence-corrected chi connectivity index (χ2v) is 8.93. The molecule has 0 bridgehead atoms. The summed E-state index contributed by atoms with van der Waals surface area (Å²) in [5, 5.41) is 9.41. The number of benzene rings is 1. The van der Waals surface area contributed by atoms with Crippen LogP contribution in [0.15, 0.2) is 48.7 Å². The molecular weight excluding hydrogens is 483 g/mol. The topological polar surface area (TPSA) is 89.9 Å². The van der Waals surface area contributed by atoms with Gasteiger partial charge in [0.1, 0.15) is 12.2 Å². The van der Waals surface area contributed by atoms with Crippen LogP contribution < -0.4 is 5.73 Å². The first-order valence-corrected chi connectivity index (χ1v) is 11.1. The molecule has 33 heavy (non-hydrogen) atoms. The summed E-state index contributed by atoms with van der Waals surface area (Å²) < 4.78 is 1.89. The number of pyridine rings is 1. The second-order valence-electron chi connectivity index (χ2n) is 8.49. The molecule has 176 valence electrons. The summed E-state index contributed by atoms with van der Waals surface area (Å²) in [4.78, 5) is 19.4. The molecule has 2 N–H and O–H groups in total. The maximum Gasteiger partial charge on any atom is 0.243 e. The van der Waals surface area contributed by atoms with Gasteiger partial charge in [-0.3, -0.25) is 14.3 Å². The Kier molecular flexibility index (Phi) is 8.00. The van der Waals surface area contributed by atoms with Gasteiger partial charge in [-0.15, -0.1) is 35.0 Å². The SMILES string of the molecule is Cl.Cl.NC[C@]1(c2cccc(Cl)c2)CC[C@@H](N2Cc3nnc(-c4ccccn4)n3CC2=O)CC1. The molecule has 0 radical (unpaired) electrons. The van der Waals surface area contributed by atoms with Gasteiger partial charge in [-0.05, 0) is 55.5 Å². The number of rotatable bonds is 4. The van der Waals surface area contributed by atoms with Gasteiger partial charge in [0, 0.05) is 29.2 Å². The van der Waals surface area contributed by atoms with E-state index in [0.717, 1.165) is 42.2 Å². The van der Waals surface area contributed by atoms with Gasteiger partial charge >= 0.3 is 0 Å². The van der Waals surface area contributed by atoms with Crippen molar-refractivity contribution in [3.8, 4) is 11.5 Å². The van der Waals surface area contributed by atoms with Gasteiger partial charge in [0.15, 0.2) is 11.6 Å². The lowest BCUT2D eigenvalue weighted by atomic mass is 9.68. The quantitative estimate of drug-likeness (QED) is 0.574. The largest absolute Gasteiger partial charge is 0.331 e. The van der Waals surface area contributed by atoms with E-state index in [4.69, 9.17) is 17.3 Å². The number of nitrogens with two attached hydrogens (primary N) is 1. The maximum atomic E-state index is 13.1. The molecule has 0 unspecified atom stereocenters. The van der Waals surface area contributed by atoms with Crippen LogP contribution >= 0.6 is 36.4 Å². The molecule has 1 aliphatic carbocycles. The molecule has 2 aliphatic rings. The van der Waals surface area contributed by atoms with Gasteiger partial charge < -0.3 is 10.6 Å². The monoisotopic (exact) mass is 508 g/mol. The Balaban J connectivity index is 0.00000153. The Labute approximate surface area is 210 Å². The zero-order valence-electron chi connectivity index (χ0n) is 18.1. The number of hydrogen-bond donors (Lipinski definition) is 1. The first-order chi connectivity index (χ1) is 15.1. The predicted molar refractivity (Wildman–Crippen MR) is 133 cm³/mol. The highest BCUT2D eigenvalue weighted by Crippen LogP contribution is 2.41. The molecular formula is C23H27Cl3N6O. The number of fused-ring (bicyclic) bond motifs is 1. The van der Waals surface area contributed by atoms with E-state index in [0.29, 0.717) is 18.9 Å². The molecule has 7 nitrogen and oxygen atoms in total. The fraction of sp³-hybridized carbons (Fsp3) is 0.391. The minimum atomic E-state index is -0.0770. The molecule has 2 aromatic heterocycles. The maximum absolute atomic E-state index is 13.1. The van der Waals surface area contributed by atoms with Crippen LogP contribution in [0, 0.1) is 0 Å². The zero-order valence-corrected chi connectivity index (χ0v) is 20.5. The molecule has 1 fully saturated rings. The van der Waals surface area contributed by atoms with Crippen LogP contribution in [0.3, 0.4) is 0 Å². The average molecular weight is 510 g/mol. The van der Waals surface area contributed by atoms with Gasteiger partial charge in [-0.1, -0.05) is 29.8 Å². The molecule has 1 amide bonds. The number of halogens is 3. The van der Waals surface area contributed by atoms with Crippen molar-refractivity contribution in [3.05, 3.63) is 65.1 Å². The smallest absolute Gasteiger partial charge is 0.243 e. The number of hydrogen-bond acceptors (Lipinski definition) is 5. The number of carbonyl (C=O) groups is 1. The standard InChI is InChI=1S/C23H25ClN6O.2ClH/c24-17-5-3-4-16(12-17)23(15-25)9-7-18(8-10-23)29-13-20-27-28-22(30(20)14-21(29)31)19-6-1-2-11-26-19;;/h1-6,11-12,18H,7-10,13-15,25H2;2*1H/t18-,23+;;. The molecule has 1 aliphatic heterocycles.